The SMILES string of the molecule is FC(F)c1nc2ccccc2n1-c1cc(N2CCOCC2)nc(NC2CN(C3CCSCC3)C2)n1. The van der Waals surface area contributed by atoms with Crippen LogP contribution < -0.4 is 10.2 Å². The highest BCUT2D eigenvalue weighted by Crippen LogP contribution is 2.30. The summed E-state index contributed by atoms with van der Waals surface area (Å²) in [5, 5.41) is 3.48. The Balaban J connectivity index is 1.32. The van der Waals surface area contributed by atoms with Crippen molar-refractivity contribution in [1.29, 1.82) is 0 Å². The predicted molar refractivity (Wildman–Crippen MR) is 134 cm³/mol. The van der Waals surface area contributed by atoms with Gasteiger partial charge in [-0.1, -0.05) is 12.1 Å². The highest BCUT2D eigenvalue weighted by Gasteiger charge is 2.33. The second kappa shape index (κ2) is 9.87. The quantitative estimate of drug-likeness (QED) is 0.550. The van der Waals surface area contributed by atoms with Crippen molar-refractivity contribution in [3.63, 3.8) is 0 Å². The van der Waals surface area contributed by atoms with Crippen LogP contribution in [-0.4, -0.2) is 87.4 Å². The third kappa shape index (κ3) is 4.68. The van der Waals surface area contributed by atoms with Gasteiger partial charge in [0, 0.05) is 38.3 Å². The molecule has 8 nitrogen and oxygen atoms in total. The molecule has 186 valence electrons. The zero-order chi connectivity index (χ0) is 23.8. The molecule has 5 heterocycles. The molecule has 3 fully saturated rings. The van der Waals surface area contributed by atoms with Gasteiger partial charge in [0.2, 0.25) is 5.95 Å². The topological polar surface area (TPSA) is 71.3 Å². The Morgan fingerprint density at radius 1 is 1.00 bits per heavy atom. The van der Waals surface area contributed by atoms with Gasteiger partial charge in [-0.15, -0.1) is 0 Å². The number of imidazole rings is 1. The highest BCUT2D eigenvalue weighted by atomic mass is 32.2. The highest BCUT2D eigenvalue weighted by molar-refractivity contribution is 7.99. The number of para-hydroxylation sites is 2. The number of nitrogens with zero attached hydrogens (tertiary/aromatic N) is 6. The van der Waals surface area contributed by atoms with Crippen LogP contribution in [0.15, 0.2) is 30.3 Å². The van der Waals surface area contributed by atoms with Crippen LogP contribution in [0.4, 0.5) is 20.5 Å². The smallest absolute Gasteiger partial charge is 0.296 e. The van der Waals surface area contributed by atoms with Crippen molar-refractivity contribution in [2.75, 3.05) is 61.1 Å². The lowest BCUT2D eigenvalue weighted by atomic mass is 10.0. The summed E-state index contributed by atoms with van der Waals surface area (Å²) in [5.74, 6) is 3.73. The first-order chi connectivity index (χ1) is 17.2. The Morgan fingerprint density at radius 3 is 2.51 bits per heavy atom. The molecule has 35 heavy (non-hydrogen) atoms. The minimum atomic E-state index is -2.73. The van der Waals surface area contributed by atoms with Gasteiger partial charge in [-0.3, -0.25) is 9.47 Å². The van der Waals surface area contributed by atoms with E-state index < -0.39 is 6.43 Å². The number of ether oxygens (including phenoxy) is 1. The largest absolute Gasteiger partial charge is 0.378 e. The molecule has 2 aromatic heterocycles. The molecular formula is C24H29F2N7OS. The molecule has 1 N–H and O–H groups in total. The molecule has 0 atom stereocenters. The Kier molecular flexibility index (Phi) is 6.46. The molecule has 3 aliphatic heterocycles. The fourth-order valence-corrected chi connectivity index (χ4v) is 6.20. The maximum Gasteiger partial charge on any atom is 0.296 e. The second-order valence-electron chi connectivity index (χ2n) is 9.24. The van der Waals surface area contributed by atoms with Gasteiger partial charge in [-0.25, -0.2) is 13.8 Å². The van der Waals surface area contributed by atoms with Crippen molar-refractivity contribution in [1.82, 2.24) is 24.4 Å². The molecule has 0 amide bonds. The van der Waals surface area contributed by atoms with Gasteiger partial charge in [0.15, 0.2) is 5.82 Å². The standard InChI is InChI=1S/C24H29F2N7OS/c25-22(26)23-28-18-3-1-2-4-19(18)33(23)21-13-20(31-7-9-34-10-8-31)29-24(30-21)27-16-14-32(15-16)17-5-11-35-12-6-17/h1-4,13,16-17,22H,5-12,14-15H2,(H,27,29,30). The number of rotatable bonds is 6. The number of thioether (sulfide) groups is 1. The van der Waals surface area contributed by atoms with Crippen molar-refractivity contribution < 1.29 is 13.5 Å². The van der Waals surface area contributed by atoms with Crippen LogP contribution in [0.5, 0.6) is 0 Å². The van der Waals surface area contributed by atoms with E-state index in [-0.39, 0.29) is 11.9 Å². The number of hydrogen-bond acceptors (Lipinski definition) is 8. The fourth-order valence-electron chi connectivity index (χ4n) is 5.12. The summed E-state index contributed by atoms with van der Waals surface area (Å²) in [5.41, 5.74) is 1.12. The van der Waals surface area contributed by atoms with E-state index in [2.05, 4.69) is 20.1 Å². The van der Waals surface area contributed by atoms with Crippen LogP contribution in [0.25, 0.3) is 16.9 Å². The van der Waals surface area contributed by atoms with Crippen LogP contribution in [0.2, 0.25) is 0 Å². The zero-order valence-corrected chi connectivity index (χ0v) is 20.3. The van der Waals surface area contributed by atoms with Gasteiger partial charge in [-0.05, 0) is 36.5 Å². The fraction of sp³-hybridized carbons (Fsp3) is 0.542. The normalized spacial score (nSPS) is 20.5. The molecule has 6 rings (SSSR count). The molecule has 0 bridgehead atoms. The van der Waals surface area contributed by atoms with E-state index in [0.29, 0.717) is 61.0 Å². The van der Waals surface area contributed by atoms with Gasteiger partial charge in [-0.2, -0.15) is 21.7 Å². The van der Waals surface area contributed by atoms with Crippen molar-refractivity contribution in [2.45, 2.75) is 31.4 Å². The molecule has 3 saturated heterocycles. The second-order valence-corrected chi connectivity index (χ2v) is 10.5. The van der Waals surface area contributed by atoms with Crippen molar-refractivity contribution in [2.24, 2.45) is 0 Å². The molecule has 3 aliphatic rings. The van der Waals surface area contributed by atoms with Gasteiger partial charge in [0.05, 0.1) is 30.3 Å². The lowest BCUT2D eigenvalue weighted by molar-refractivity contribution is 0.0965. The number of morpholine rings is 1. The minimum Gasteiger partial charge on any atom is -0.378 e. The summed E-state index contributed by atoms with van der Waals surface area (Å²) >= 11 is 2.04. The summed E-state index contributed by atoms with van der Waals surface area (Å²) in [7, 11) is 0. The molecule has 0 saturated carbocycles. The average Bonchev–Trinajstić information content (AvgIpc) is 3.27. The predicted octanol–water partition coefficient (Wildman–Crippen LogP) is 3.58. The van der Waals surface area contributed by atoms with Gasteiger partial charge in [0.1, 0.15) is 11.6 Å². The van der Waals surface area contributed by atoms with Crippen molar-refractivity contribution in [3.05, 3.63) is 36.2 Å². The molecule has 0 aliphatic carbocycles. The third-order valence-corrected chi connectivity index (χ3v) is 8.04. The number of anilines is 2. The molecule has 3 aromatic rings. The molecule has 11 heteroatoms. The number of alkyl halides is 2. The van der Waals surface area contributed by atoms with Gasteiger partial charge in [0.25, 0.3) is 6.43 Å². The number of nitrogens with one attached hydrogen (secondary N) is 1. The first-order valence-electron chi connectivity index (χ1n) is 12.2. The van der Waals surface area contributed by atoms with Gasteiger partial charge < -0.3 is 15.0 Å². The van der Waals surface area contributed by atoms with E-state index in [9.17, 15) is 8.78 Å². The monoisotopic (exact) mass is 501 g/mol. The number of benzene rings is 1. The Morgan fingerprint density at radius 2 is 1.74 bits per heavy atom. The number of likely N-dealkylation sites (tertiary alicyclic amines) is 1. The van der Waals surface area contributed by atoms with Crippen LogP contribution >= 0.6 is 11.8 Å². The van der Waals surface area contributed by atoms with Gasteiger partial charge >= 0.3 is 0 Å². The van der Waals surface area contributed by atoms with E-state index in [0.717, 1.165) is 13.1 Å². The summed E-state index contributed by atoms with van der Waals surface area (Å²) < 4.78 is 35.0. The van der Waals surface area contributed by atoms with Crippen LogP contribution in [0.3, 0.4) is 0 Å². The first-order valence-corrected chi connectivity index (χ1v) is 13.4. The van der Waals surface area contributed by atoms with Crippen molar-refractivity contribution in [3.8, 4) is 5.82 Å². The van der Waals surface area contributed by atoms with E-state index in [1.54, 1.807) is 24.3 Å². The molecule has 0 radical (unpaired) electrons. The number of halogens is 2. The number of hydrogen-bond donors (Lipinski definition) is 1. The molecule has 0 spiro atoms. The lowest BCUT2D eigenvalue weighted by Crippen LogP contribution is -2.59. The summed E-state index contributed by atoms with van der Waals surface area (Å²) in [6, 6.07) is 9.85. The minimum absolute atomic E-state index is 0.242. The van der Waals surface area contributed by atoms with Crippen LogP contribution in [-0.2, 0) is 4.74 Å². The maximum atomic E-state index is 14.0. The first kappa shape index (κ1) is 22.9. The summed E-state index contributed by atoms with van der Waals surface area (Å²) in [4.78, 5) is 18.3. The zero-order valence-electron chi connectivity index (χ0n) is 19.4. The number of aromatic nitrogens is 4. The third-order valence-electron chi connectivity index (χ3n) is 7.00. The van der Waals surface area contributed by atoms with Crippen molar-refractivity contribution >= 4 is 34.6 Å². The molecular weight excluding hydrogens is 472 g/mol. The Bertz CT molecular complexity index is 1170. The van der Waals surface area contributed by atoms with Crippen LogP contribution in [0.1, 0.15) is 25.1 Å². The summed E-state index contributed by atoms with van der Waals surface area (Å²) in [6.07, 6.45) is -0.238. The molecule has 1 aromatic carbocycles. The molecule has 0 unspecified atom stereocenters. The van der Waals surface area contributed by atoms with E-state index >= 15 is 0 Å². The van der Waals surface area contributed by atoms with E-state index in [1.807, 2.05) is 17.8 Å². The lowest BCUT2D eigenvalue weighted by Gasteiger charge is -2.45. The average molecular weight is 502 g/mol. The Hall–Kier alpha value is -2.50. The number of fused-ring (bicyclic) bond motifs is 1. The van der Waals surface area contributed by atoms with E-state index in [4.69, 9.17) is 14.7 Å². The maximum absolute atomic E-state index is 14.0. The Labute approximate surface area is 207 Å². The van der Waals surface area contributed by atoms with E-state index in [1.165, 1.54) is 28.9 Å². The van der Waals surface area contributed by atoms with Crippen LogP contribution in [0, 0.1) is 0 Å². The summed E-state index contributed by atoms with van der Waals surface area (Å²) in [6.45, 7) is 4.50.